The van der Waals surface area contributed by atoms with Crippen LogP contribution in [0.5, 0.6) is 0 Å². The molecule has 2 aromatic rings. The molecular weight excluding hydrogens is 232 g/mol. The van der Waals surface area contributed by atoms with Crippen LogP contribution in [-0.2, 0) is 0 Å². The zero-order valence-electron chi connectivity index (χ0n) is 9.68. The second-order valence-electron chi connectivity index (χ2n) is 4.67. The molecule has 3 rings (SSSR count). The molecule has 6 nitrogen and oxygen atoms in total. The maximum absolute atomic E-state index is 12.0. The van der Waals surface area contributed by atoms with E-state index in [1.165, 1.54) is 0 Å². The Morgan fingerprint density at radius 3 is 3.00 bits per heavy atom. The summed E-state index contributed by atoms with van der Waals surface area (Å²) in [5, 5.41) is 19.5. The van der Waals surface area contributed by atoms with Crippen LogP contribution in [0.2, 0.25) is 0 Å². The van der Waals surface area contributed by atoms with Gasteiger partial charge in [-0.1, -0.05) is 0 Å². The number of carbonyl (C=O) groups is 1. The van der Waals surface area contributed by atoms with Gasteiger partial charge in [0, 0.05) is 17.1 Å². The smallest absolute Gasteiger partial charge is 0.272 e. The first-order chi connectivity index (χ1) is 8.63. The number of benzene rings is 1. The Labute approximate surface area is 103 Å². The predicted octanol–water partition coefficient (Wildman–Crippen LogP) is 0.398. The monoisotopic (exact) mass is 246 g/mol. The van der Waals surface area contributed by atoms with Crippen molar-refractivity contribution in [1.82, 2.24) is 15.5 Å². The minimum Gasteiger partial charge on any atom is -0.399 e. The number of hydrogen-bond acceptors (Lipinski definition) is 4. The summed E-state index contributed by atoms with van der Waals surface area (Å²) in [7, 11) is 0. The quantitative estimate of drug-likeness (QED) is 0.576. The van der Waals surface area contributed by atoms with E-state index >= 15 is 0 Å². The second kappa shape index (κ2) is 3.99. The number of nitrogen functional groups attached to an aromatic ring is 1. The normalized spacial score (nSPS) is 22.7. The highest BCUT2D eigenvalue weighted by atomic mass is 16.3. The molecule has 0 bridgehead atoms. The van der Waals surface area contributed by atoms with Crippen LogP contribution in [0.4, 0.5) is 5.69 Å². The molecule has 0 radical (unpaired) electrons. The topological polar surface area (TPSA) is 104 Å². The fourth-order valence-corrected chi connectivity index (χ4v) is 2.16. The Balaban J connectivity index is 1.85. The molecule has 0 atom stereocenters. The highest BCUT2D eigenvalue weighted by Gasteiger charge is 2.29. The van der Waals surface area contributed by atoms with Crippen molar-refractivity contribution >= 4 is 22.5 Å². The van der Waals surface area contributed by atoms with Crippen molar-refractivity contribution in [3.8, 4) is 0 Å². The molecule has 6 heteroatoms. The first-order valence-corrected chi connectivity index (χ1v) is 5.86. The molecule has 94 valence electrons. The Kier molecular flexibility index (Phi) is 2.45. The van der Waals surface area contributed by atoms with Crippen LogP contribution < -0.4 is 11.1 Å². The minimum absolute atomic E-state index is 0.0420. The summed E-state index contributed by atoms with van der Waals surface area (Å²) in [6, 6.07) is 5.32. The van der Waals surface area contributed by atoms with Gasteiger partial charge in [-0.15, -0.1) is 0 Å². The molecule has 0 unspecified atom stereocenters. The third-order valence-corrected chi connectivity index (χ3v) is 3.25. The third kappa shape index (κ3) is 1.80. The van der Waals surface area contributed by atoms with Gasteiger partial charge in [0.25, 0.3) is 5.91 Å². The maximum atomic E-state index is 12.0. The van der Waals surface area contributed by atoms with Crippen LogP contribution in [0.25, 0.3) is 10.9 Å². The van der Waals surface area contributed by atoms with Gasteiger partial charge in [0.1, 0.15) is 0 Å². The van der Waals surface area contributed by atoms with Crippen LogP contribution in [0, 0.1) is 0 Å². The van der Waals surface area contributed by atoms with E-state index in [2.05, 4.69) is 15.5 Å². The number of amides is 1. The van der Waals surface area contributed by atoms with Crippen LogP contribution in [-0.4, -0.2) is 33.4 Å². The summed E-state index contributed by atoms with van der Waals surface area (Å²) in [5.74, 6) is -0.233. The molecule has 1 fully saturated rings. The predicted molar refractivity (Wildman–Crippen MR) is 67.0 cm³/mol. The molecule has 5 N–H and O–H groups in total. The van der Waals surface area contributed by atoms with Gasteiger partial charge in [-0.2, -0.15) is 5.10 Å². The number of anilines is 1. The van der Waals surface area contributed by atoms with Crippen LogP contribution in [0.15, 0.2) is 18.2 Å². The maximum Gasteiger partial charge on any atom is 0.272 e. The molecule has 0 spiro atoms. The Bertz CT molecular complexity index is 601. The average molecular weight is 246 g/mol. The van der Waals surface area contributed by atoms with E-state index in [9.17, 15) is 9.90 Å². The molecule has 1 amide bonds. The van der Waals surface area contributed by atoms with E-state index in [-0.39, 0.29) is 18.1 Å². The van der Waals surface area contributed by atoms with Crippen molar-refractivity contribution in [2.75, 3.05) is 5.73 Å². The zero-order valence-corrected chi connectivity index (χ0v) is 9.68. The number of rotatable bonds is 2. The summed E-state index contributed by atoms with van der Waals surface area (Å²) >= 11 is 0. The van der Waals surface area contributed by atoms with E-state index in [0.717, 1.165) is 5.52 Å². The van der Waals surface area contributed by atoms with E-state index in [0.29, 0.717) is 29.6 Å². The Morgan fingerprint density at radius 2 is 2.28 bits per heavy atom. The van der Waals surface area contributed by atoms with Crippen molar-refractivity contribution in [2.24, 2.45) is 0 Å². The molecule has 18 heavy (non-hydrogen) atoms. The Morgan fingerprint density at radius 1 is 1.50 bits per heavy atom. The van der Waals surface area contributed by atoms with E-state index < -0.39 is 0 Å². The molecule has 0 saturated heterocycles. The van der Waals surface area contributed by atoms with Crippen molar-refractivity contribution < 1.29 is 9.90 Å². The van der Waals surface area contributed by atoms with Crippen LogP contribution >= 0.6 is 0 Å². The Hall–Kier alpha value is -2.08. The van der Waals surface area contributed by atoms with Gasteiger partial charge in [0.2, 0.25) is 0 Å². The van der Waals surface area contributed by atoms with Gasteiger partial charge in [0.05, 0.1) is 11.6 Å². The third-order valence-electron chi connectivity index (χ3n) is 3.25. The van der Waals surface area contributed by atoms with E-state index in [1.54, 1.807) is 18.2 Å². The number of fused-ring (bicyclic) bond motifs is 1. The average Bonchev–Trinajstić information content (AvgIpc) is 2.69. The SMILES string of the molecule is Nc1ccc2[nH]nc(C(=O)NC3CC(O)C3)c2c1. The largest absolute Gasteiger partial charge is 0.399 e. The lowest BCUT2D eigenvalue weighted by Gasteiger charge is -2.31. The molecular formula is C12H14N4O2. The molecule has 1 aliphatic carbocycles. The van der Waals surface area contributed by atoms with Crippen LogP contribution in [0.1, 0.15) is 23.3 Å². The van der Waals surface area contributed by atoms with Gasteiger partial charge in [-0.05, 0) is 31.0 Å². The summed E-state index contributed by atoms with van der Waals surface area (Å²) in [6.45, 7) is 0. The van der Waals surface area contributed by atoms with Crippen molar-refractivity contribution in [1.29, 1.82) is 0 Å². The number of aromatic amines is 1. The number of aliphatic hydroxyl groups excluding tert-OH is 1. The molecule has 1 heterocycles. The number of nitrogens with two attached hydrogens (primary N) is 1. The lowest BCUT2D eigenvalue weighted by molar-refractivity contribution is 0.0561. The number of aromatic nitrogens is 2. The molecule has 1 aromatic heterocycles. The minimum atomic E-state index is -0.290. The van der Waals surface area contributed by atoms with Gasteiger partial charge >= 0.3 is 0 Å². The lowest BCUT2D eigenvalue weighted by atomic mass is 9.89. The highest BCUT2D eigenvalue weighted by Crippen LogP contribution is 2.22. The zero-order chi connectivity index (χ0) is 12.7. The van der Waals surface area contributed by atoms with E-state index in [4.69, 9.17) is 5.73 Å². The number of nitrogens with one attached hydrogen (secondary N) is 2. The second-order valence-corrected chi connectivity index (χ2v) is 4.67. The van der Waals surface area contributed by atoms with Crippen molar-refractivity contribution in [3.05, 3.63) is 23.9 Å². The van der Waals surface area contributed by atoms with Crippen molar-refractivity contribution in [3.63, 3.8) is 0 Å². The number of carbonyl (C=O) groups excluding carboxylic acids is 1. The van der Waals surface area contributed by atoms with Gasteiger partial charge < -0.3 is 16.2 Å². The summed E-state index contributed by atoms with van der Waals surface area (Å²) in [4.78, 5) is 12.0. The van der Waals surface area contributed by atoms with Gasteiger partial charge in [-0.3, -0.25) is 9.89 Å². The van der Waals surface area contributed by atoms with Gasteiger partial charge in [0.15, 0.2) is 5.69 Å². The lowest BCUT2D eigenvalue weighted by Crippen LogP contribution is -2.46. The molecule has 0 aliphatic heterocycles. The fraction of sp³-hybridized carbons (Fsp3) is 0.333. The van der Waals surface area contributed by atoms with Crippen molar-refractivity contribution in [2.45, 2.75) is 25.0 Å². The molecule has 1 aromatic carbocycles. The first-order valence-electron chi connectivity index (χ1n) is 5.86. The summed E-state index contributed by atoms with van der Waals surface area (Å²) in [6.07, 6.45) is 0.925. The number of hydrogen-bond donors (Lipinski definition) is 4. The first kappa shape index (κ1) is 11.0. The standard InChI is InChI=1S/C12H14N4O2/c13-6-1-2-10-9(3-6)11(16-15-10)12(18)14-7-4-8(17)5-7/h1-3,7-8,17H,4-5,13H2,(H,14,18)(H,15,16). The number of H-pyrrole nitrogens is 1. The number of nitrogens with zero attached hydrogens (tertiary/aromatic N) is 1. The molecule has 1 aliphatic rings. The summed E-state index contributed by atoms with van der Waals surface area (Å²) < 4.78 is 0. The number of aliphatic hydroxyl groups is 1. The van der Waals surface area contributed by atoms with Gasteiger partial charge in [-0.25, -0.2) is 0 Å². The fourth-order valence-electron chi connectivity index (χ4n) is 2.16. The van der Waals surface area contributed by atoms with Crippen LogP contribution in [0.3, 0.4) is 0 Å². The molecule has 1 saturated carbocycles. The van der Waals surface area contributed by atoms with E-state index in [1.807, 2.05) is 0 Å². The highest BCUT2D eigenvalue weighted by molar-refractivity contribution is 6.05. The summed E-state index contributed by atoms with van der Waals surface area (Å²) in [5.41, 5.74) is 7.42.